The van der Waals surface area contributed by atoms with E-state index in [9.17, 15) is 0 Å². The molecule has 0 bridgehead atoms. The van der Waals surface area contributed by atoms with Crippen molar-refractivity contribution in [2.75, 3.05) is 42.6 Å². The molecule has 1 fully saturated rings. The summed E-state index contributed by atoms with van der Waals surface area (Å²) in [7, 11) is 0. The van der Waals surface area contributed by atoms with Crippen LogP contribution in [0.2, 0.25) is 0 Å². The minimum atomic E-state index is 0.630. The number of benzene rings is 1. The quantitative estimate of drug-likeness (QED) is 0.689. The third-order valence-electron chi connectivity index (χ3n) is 4.32. The monoisotopic (exact) mass is 367 g/mol. The van der Waals surface area contributed by atoms with Crippen molar-refractivity contribution < 1.29 is 4.74 Å². The first kappa shape index (κ1) is 16.8. The van der Waals surface area contributed by atoms with Crippen LogP contribution in [0.15, 0.2) is 48.5 Å². The van der Waals surface area contributed by atoms with Crippen LogP contribution in [0.4, 0.5) is 10.9 Å². The number of rotatable bonds is 5. The summed E-state index contributed by atoms with van der Waals surface area (Å²) in [5, 5.41) is 0.986. The summed E-state index contributed by atoms with van der Waals surface area (Å²) < 4.78 is 10.0. The van der Waals surface area contributed by atoms with Crippen molar-refractivity contribution in [3.05, 3.63) is 48.5 Å². The Morgan fingerprint density at radius 1 is 0.923 bits per heavy atom. The summed E-state index contributed by atoms with van der Waals surface area (Å²) in [5.74, 6) is 2.46. The van der Waals surface area contributed by atoms with Gasteiger partial charge in [-0.1, -0.05) is 36.4 Å². The van der Waals surface area contributed by atoms with Crippen LogP contribution in [0.3, 0.4) is 0 Å². The predicted octanol–water partition coefficient (Wildman–Crippen LogP) is 3.33. The van der Waals surface area contributed by atoms with Gasteiger partial charge in [0.2, 0.25) is 11.0 Å². The Labute approximate surface area is 157 Å². The average Bonchev–Trinajstić information content (AvgIpc) is 3.20. The molecule has 2 aromatic heterocycles. The minimum absolute atomic E-state index is 0.630. The summed E-state index contributed by atoms with van der Waals surface area (Å²) in [5.41, 5.74) is 1.06. The third kappa shape index (κ3) is 3.62. The van der Waals surface area contributed by atoms with Crippen LogP contribution in [0.25, 0.3) is 11.4 Å². The van der Waals surface area contributed by atoms with Crippen molar-refractivity contribution in [3.63, 3.8) is 0 Å². The predicted molar refractivity (Wildman–Crippen MR) is 105 cm³/mol. The van der Waals surface area contributed by atoms with E-state index >= 15 is 0 Å². The van der Waals surface area contributed by atoms with Gasteiger partial charge in [0, 0.05) is 49.3 Å². The molecule has 3 aromatic rings. The Morgan fingerprint density at radius 3 is 2.46 bits per heavy atom. The van der Waals surface area contributed by atoms with Gasteiger partial charge in [-0.15, -0.1) is 0 Å². The Kier molecular flexibility index (Phi) is 4.97. The van der Waals surface area contributed by atoms with Crippen LogP contribution in [0, 0.1) is 0 Å². The van der Waals surface area contributed by atoms with Crippen LogP contribution in [-0.4, -0.2) is 47.1 Å². The van der Waals surface area contributed by atoms with Gasteiger partial charge in [0.1, 0.15) is 5.82 Å². The second-order valence-corrected chi connectivity index (χ2v) is 6.74. The lowest BCUT2D eigenvalue weighted by Crippen LogP contribution is -2.46. The zero-order valence-corrected chi connectivity index (χ0v) is 15.5. The molecule has 0 atom stereocenters. The zero-order chi connectivity index (χ0) is 17.8. The molecule has 1 aliphatic heterocycles. The Bertz CT molecular complexity index is 846. The van der Waals surface area contributed by atoms with E-state index in [2.05, 4.69) is 19.2 Å². The molecule has 26 heavy (non-hydrogen) atoms. The Morgan fingerprint density at radius 2 is 1.69 bits per heavy atom. The molecule has 0 aliphatic carbocycles. The maximum Gasteiger partial charge on any atom is 0.215 e. The normalized spacial score (nSPS) is 14.5. The van der Waals surface area contributed by atoms with E-state index in [1.54, 1.807) is 0 Å². The molecule has 0 saturated carbocycles. The fraction of sp³-hybridized carbons (Fsp3) is 0.316. The number of hydrogen-bond acceptors (Lipinski definition) is 7. The van der Waals surface area contributed by atoms with Crippen LogP contribution in [0.1, 0.15) is 6.92 Å². The van der Waals surface area contributed by atoms with Gasteiger partial charge in [0.25, 0.3) is 0 Å². The first-order chi connectivity index (χ1) is 12.8. The maximum absolute atomic E-state index is 5.51. The largest absolute Gasteiger partial charge is 0.478 e. The topological polar surface area (TPSA) is 54.4 Å². The average molecular weight is 367 g/mol. The number of piperazine rings is 1. The standard InChI is InChI=1S/C19H21N5OS/c1-2-25-17-10-6-9-16(20-17)23-11-13-24(14-12-23)19-21-18(22-26-19)15-7-4-3-5-8-15/h3-10H,2,11-14H2,1H3. The molecular weight excluding hydrogens is 346 g/mol. The van der Waals surface area contributed by atoms with Crippen molar-refractivity contribution in [2.24, 2.45) is 0 Å². The van der Waals surface area contributed by atoms with E-state index in [4.69, 9.17) is 9.72 Å². The van der Waals surface area contributed by atoms with Crippen LogP contribution >= 0.6 is 11.5 Å². The molecule has 0 spiro atoms. The van der Waals surface area contributed by atoms with Gasteiger partial charge in [0.05, 0.1) is 6.61 Å². The molecular formula is C19H21N5OS. The number of aromatic nitrogens is 3. The minimum Gasteiger partial charge on any atom is -0.478 e. The summed E-state index contributed by atoms with van der Waals surface area (Å²) in [6.07, 6.45) is 0. The lowest BCUT2D eigenvalue weighted by atomic mass is 10.2. The molecule has 3 heterocycles. The van der Waals surface area contributed by atoms with Gasteiger partial charge in [-0.05, 0) is 13.0 Å². The highest BCUT2D eigenvalue weighted by atomic mass is 32.1. The first-order valence-corrected chi connectivity index (χ1v) is 9.59. The highest BCUT2D eigenvalue weighted by molar-refractivity contribution is 7.09. The molecule has 0 amide bonds. The molecule has 1 aromatic carbocycles. The number of nitrogens with zero attached hydrogens (tertiary/aromatic N) is 5. The SMILES string of the molecule is CCOc1cccc(N2CCN(c3nc(-c4ccccc4)ns3)CC2)n1. The zero-order valence-electron chi connectivity index (χ0n) is 14.7. The summed E-state index contributed by atoms with van der Waals surface area (Å²) in [6.45, 7) is 6.23. The fourth-order valence-electron chi connectivity index (χ4n) is 2.98. The maximum atomic E-state index is 5.51. The number of pyridine rings is 1. The molecule has 1 aliphatic rings. The van der Waals surface area contributed by atoms with E-state index < -0.39 is 0 Å². The van der Waals surface area contributed by atoms with Gasteiger partial charge in [-0.25, -0.2) is 0 Å². The number of hydrogen-bond donors (Lipinski definition) is 0. The fourth-order valence-corrected chi connectivity index (χ4v) is 3.72. The highest BCUT2D eigenvalue weighted by Crippen LogP contribution is 2.25. The van der Waals surface area contributed by atoms with Crippen molar-refractivity contribution in [1.29, 1.82) is 0 Å². The lowest BCUT2D eigenvalue weighted by molar-refractivity contribution is 0.327. The van der Waals surface area contributed by atoms with Gasteiger partial charge < -0.3 is 14.5 Å². The van der Waals surface area contributed by atoms with Crippen molar-refractivity contribution in [2.45, 2.75) is 6.92 Å². The molecule has 0 N–H and O–H groups in total. The highest BCUT2D eigenvalue weighted by Gasteiger charge is 2.21. The summed E-state index contributed by atoms with van der Waals surface area (Å²) >= 11 is 1.47. The second kappa shape index (κ2) is 7.70. The first-order valence-electron chi connectivity index (χ1n) is 8.82. The summed E-state index contributed by atoms with van der Waals surface area (Å²) in [4.78, 5) is 13.9. The lowest BCUT2D eigenvalue weighted by Gasteiger charge is -2.35. The smallest absolute Gasteiger partial charge is 0.215 e. The third-order valence-corrected chi connectivity index (χ3v) is 5.10. The van der Waals surface area contributed by atoms with Crippen molar-refractivity contribution >= 4 is 22.5 Å². The molecule has 0 radical (unpaired) electrons. The Hall–Kier alpha value is -2.67. The molecule has 6 nitrogen and oxygen atoms in total. The van der Waals surface area contributed by atoms with Crippen LogP contribution < -0.4 is 14.5 Å². The van der Waals surface area contributed by atoms with E-state index in [1.165, 1.54) is 11.5 Å². The van der Waals surface area contributed by atoms with E-state index in [-0.39, 0.29) is 0 Å². The van der Waals surface area contributed by atoms with Gasteiger partial charge >= 0.3 is 0 Å². The van der Waals surface area contributed by atoms with Gasteiger partial charge in [-0.3, -0.25) is 0 Å². The van der Waals surface area contributed by atoms with E-state index in [0.29, 0.717) is 12.5 Å². The van der Waals surface area contributed by atoms with Crippen LogP contribution in [-0.2, 0) is 0 Å². The van der Waals surface area contributed by atoms with Crippen molar-refractivity contribution in [3.8, 4) is 17.3 Å². The number of ether oxygens (including phenoxy) is 1. The molecule has 4 rings (SSSR count). The molecule has 134 valence electrons. The second-order valence-electron chi connectivity index (χ2n) is 6.01. The van der Waals surface area contributed by atoms with E-state index in [1.807, 2.05) is 55.5 Å². The van der Waals surface area contributed by atoms with Gasteiger partial charge in [0.15, 0.2) is 5.82 Å². The number of anilines is 2. The molecule has 1 saturated heterocycles. The van der Waals surface area contributed by atoms with Crippen LogP contribution in [0.5, 0.6) is 5.88 Å². The van der Waals surface area contributed by atoms with Gasteiger partial charge in [-0.2, -0.15) is 14.3 Å². The van der Waals surface area contributed by atoms with E-state index in [0.717, 1.165) is 48.5 Å². The molecule has 0 unspecified atom stereocenters. The summed E-state index contributed by atoms with van der Waals surface area (Å²) in [6, 6.07) is 16.0. The Balaban J connectivity index is 1.41. The molecule has 7 heteroatoms. The van der Waals surface area contributed by atoms with Crippen molar-refractivity contribution in [1.82, 2.24) is 14.3 Å².